The second kappa shape index (κ2) is 7.88. The minimum absolute atomic E-state index is 0.0612. The van der Waals surface area contributed by atoms with Crippen molar-refractivity contribution in [2.24, 2.45) is 0 Å². The van der Waals surface area contributed by atoms with Gasteiger partial charge in [0.15, 0.2) is 0 Å². The first-order valence-corrected chi connectivity index (χ1v) is 6.13. The zero-order valence-electron chi connectivity index (χ0n) is 11.2. The third-order valence-corrected chi connectivity index (χ3v) is 2.46. The fourth-order valence-corrected chi connectivity index (χ4v) is 1.66. The Morgan fingerprint density at radius 2 is 1.89 bits per heavy atom. The van der Waals surface area contributed by atoms with Gasteiger partial charge in [-0.05, 0) is 29.7 Å². The summed E-state index contributed by atoms with van der Waals surface area (Å²) in [6.07, 6.45) is 10.2. The molecule has 0 spiro atoms. The van der Waals surface area contributed by atoms with Crippen LogP contribution in [0.3, 0.4) is 0 Å². The van der Waals surface area contributed by atoms with Crippen LogP contribution < -0.4 is 5.32 Å². The highest BCUT2D eigenvalue weighted by molar-refractivity contribution is 5.88. The lowest BCUT2D eigenvalue weighted by Gasteiger charge is -2.05. The second-order valence-electron chi connectivity index (χ2n) is 4.13. The van der Waals surface area contributed by atoms with Gasteiger partial charge < -0.3 is 5.32 Å². The normalized spacial score (nSPS) is 11.3. The van der Waals surface area contributed by atoms with Crippen molar-refractivity contribution in [1.29, 1.82) is 0 Å². The Balaban J connectivity index is 2.77. The van der Waals surface area contributed by atoms with E-state index in [-0.39, 0.29) is 5.91 Å². The maximum absolute atomic E-state index is 10.9. The van der Waals surface area contributed by atoms with Gasteiger partial charge in [0, 0.05) is 12.6 Å². The largest absolute Gasteiger partial charge is 0.326 e. The average Bonchev–Trinajstić information content (AvgIpc) is 2.38. The molecule has 1 N–H and O–H groups in total. The van der Waals surface area contributed by atoms with Crippen molar-refractivity contribution in [2.75, 3.05) is 5.32 Å². The van der Waals surface area contributed by atoms with Gasteiger partial charge in [0.25, 0.3) is 0 Å². The molecule has 0 aromatic heterocycles. The van der Waals surface area contributed by atoms with Crippen LogP contribution in [0.2, 0.25) is 0 Å². The molecule has 0 aliphatic heterocycles. The summed E-state index contributed by atoms with van der Waals surface area (Å²) < 4.78 is 0. The smallest absolute Gasteiger partial charge is 0.221 e. The molecule has 0 bridgehead atoms. The summed E-state index contributed by atoms with van der Waals surface area (Å²) in [6, 6.07) is 7.81. The third-order valence-electron chi connectivity index (χ3n) is 2.46. The van der Waals surface area contributed by atoms with Gasteiger partial charge in [-0.1, -0.05) is 55.7 Å². The van der Waals surface area contributed by atoms with Gasteiger partial charge in [0.1, 0.15) is 0 Å². The highest BCUT2D eigenvalue weighted by Gasteiger charge is 1.98. The minimum atomic E-state index is -0.0612. The van der Waals surface area contributed by atoms with E-state index in [4.69, 9.17) is 0 Å². The first-order valence-electron chi connectivity index (χ1n) is 6.13. The molecule has 0 radical (unpaired) electrons. The fourth-order valence-electron chi connectivity index (χ4n) is 1.66. The highest BCUT2D eigenvalue weighted by Crippen LogP contribution is 2.14. The number of nitrogens with one attached hydrogen (secondary N) is 1. The summed E-state index contributed by atoms with van der Waals surface area (Å²) in [5.41, 5.74) is 3.14. The third kappa shape index (κ3) is 5.68. The van der Waals surface area contributed by atoms with Crippen molar-refractivity contribution in [2.45, 2.75) is 13.3 Å². The number of anilines is 1. The van der Waals surface area contributed by atoms with E-state index >= 15 is 0 Å². The van der Waals surface area contributed by atoms with Gasteiger partial charge >= 0.3 is 0 Å². The van der Waals surface area contributed by atoms with E-state index < -0.39 is 0 Å². The molecule has 0 unspecified atom stereocenters. The van der Waals surface area contributed by atoms with Crippen LogP contribution in [-0.2, 0) is 11.2 Å². The number of allylic oxidation sites excluding steroid dienone is 6. The van der Waals surface area contributed by atoms with Crippen LogP contribution in [0.25, 0.3) is 0 Å². The summed E-state index contributed by atoms with van der Waals surface area (Å²) in [5, 5.41) is 2.75. The molecular weight excluding hydrogens is 234 g/mol. The number of hydrogen-bond donors (Lipinski definition) is 1. The Kier molecular flexibility index (Phi) is 6.10. The van der Waals surface area contributed by atoms with E-state index in [0.717, 1.165) is 17.7 Å². The van der Waals surface area contributed by atoms with E-state index in [0.29, 0.717) is 0 Å². The molecule has 0 fully saturated rings. The Morgan fingerprint density at radius 1 is 1.21 bits per heavy atom. The van der Waals surface area contributed by atoms with Crippen LogP contribution in [0.4, 0.5) is 5.69 Å². The number of carbonyl (C=O) groups is 1. The van der Waals surface area contributed by atoms with Crippen molar-refractivity contribution >= 4 is 11.6 Å². The van der Waals surface area contributed by atoms with Crippen molar-refractivity contribution in [3.8, 4) is 0 Å². The van der Waals surface area contributed by atoms with E-state index in [9.17, 15) is 4.79 Å². The summed E-state index contributed by atoms with van der Waals surface area (Å²) in [5.74, 6) is -0.0612. The number of rotatable bonds is 6. The first-order chi connectivity index (χ1) is 9.15. The van der Waals surface area contributed by atoms with Crippen molar-refractivity contribution in [3.63, 3.8) is 0 Å². The predicted octanol–water partition coefficient (Wildman–Crippen LogP) is 4.04. The molecular formula is C17H19NO. The molecule has 1 aromatic carbocycles. The monoisotopic (exact) mass is 253 g/mol. The summed E-state index contributed by atoms with van der Waals surface area (Å²) in [7, 11) is 0. The van der Waals surface area contributed by atoms with Crippen molar-refractivity contribution in [1.82, 2.24) is 0 Å². The standard InChI is InChI=1S/C17H19NO/c1-4-6-8-15(7-5-2)13-16-9-11-17(12-10-16)18-14(3)19/h4-12H,1-2,13H2,3H3,(H,18,19)/b8-6-,15-7+. The lowest BCUT2D eigenvalue weighted by atomic mass is 10.0. The quantitative estimate of drug-likeness (QED) is 0.762. The summed E-state index contributed by atoms with van der Waals surface area (Å²) in [4.78, 5) is 10.9. The number of carbonyl (C=O) groups excluding carboxylic acids is 1. The van der Waals surface area contributed by atoms with Gasteiger partial charge in [-0.2, -0.15) is 0 Å². The summed E-state index contributed by atoms with van der Waals surface area (Å²) in [6.45, 7) is 8.87. The molecule has 98 valence electrons. The van der Waals surface area contributed by atoms with Gasteiger partial charge in [0.2, 0.25) is 5.91 Å². The van der Waals surface area contributed by atoms with Gasteiger partial charge in [-0.25, -0.2) is 0 Å². The minimum Gasteiger partial charge on any atom is -0.326 e. The Morgan fingerprint density at radius 3 is 2.42 bits per heavy atom. The predicted molar refractivity (Wildman–Crippen MR) is 82.1 cm³/mol. The van der Waals surface area contributed by atoms with Crippen LogP contribution in [0.5, 0.6) is 0 Å². The zero-order valence-corrected chi connectivity index (χ0v) is 11.2. The van der Waals surface area contributed by atoms with Crippen molar-refractivity contribution in [3.05, 3.63) is 78.9 Å². The van der Waals surface area contributed by atoms with Crippen LogP contribution in [0.15, 0.2) is 73.4 Å². The zero-order chi connectivity index (χ0) is 14.1. The molecule has 0 saturated carbocycles. The maximum atomic E-state index is 10.9. The Bertz CT molecular complexity index is 507. The Labute approximate surface area is 114 Å². The molecule has 0 heterocycles. The van der Waals surface area contributed by atoms with Gasteiger partial charge in [0.05, 0.1) is 0 Å². The van der Waals surface area contributed by atoms with Crippen LogP contribution in [0.1, 0.15) is 12.5 Å². The first kappa shape index (κ1) is 14.7. The number of benzene rings is 1. The van der Waals surface area contributed by atoms with Crippen LogP contribution >= 0.6 is 0 Å². The molecule has 2 heteroatoms. The molecule has 1 rings (SSSR count). The molecule has 0 aliphatic rings. The lowest BCUT2D eigenvalue weighted by Crippen LogP contribution is -2.05. The van der Waals surface area contributed by atoms with E-state index in [1.54, 1.807) is 12.2 Å². The summed E-state index contributed by atoms with van der Waals surface area (Å²) >= 11 is 0. The van der Waals surface area contributed by atoms with Crippen LogP contribution in [-0.4, -0.2) is 5.91 Å². The van der Waals surface area contributed by atoms with E-state index in [1.807, 2.05) is 42.5 Å². The van der Waals surface area contributed by atoms with E-state index in [1.165, 1.54) is 12.5 Å². The lowest BCUT2D eigenvalue weighted by molar-refractivity contribution is -0.114. The van der Waals surface area contributed by atoms with Gasteiger partial charge in [-0.15, -0.1) is 0 Å². The van der Waals surface area contributed by atoms with E-state index in [2.05, 4.69) is 18.5 Å². The number of hydrogen-bond acceptors (Lipinski definition) is 1. The fraction of sp³-hybridized carbons (Fsp3) is 0.118. The Hall–Kier alpha value is -2.35. The second-order valence-corrected chi connectivity index (χ2v) is 4.13. The van der Waals surface area contributed by atoms with Crippen LogP contribution in [0, 0.1) is 0 Å². The molecule has 0 saturated heterocycles. The maximum Gasteiger partial charge on any atom is 0.221 e. The highest BCUT2D eigenvalue weighted by atomic mass is 16.1. The molecule has 0 atom stereocenters. The number of amides is 1. The van der Waals surface area contributed by atoms with Crippen molar-refractivity contribution < 1.29 is 4.79 Å². The topological polar surface area (TPSA) is 29.1 Å². The van der Waals surface area contributed by atoms with Gasteiger partial charge in [-0.3, -0.25) is 4.79 Å². The molecule has 1 amide bonds. The molecule has 0 aliphatic carbocycles. The molecule has 19 heavy (non-hydrogen) atoms. The SMILES string of the molecule is C=C/C=C\C(=C/C=C)Cc1ccc(NC(C)=O)cc1. The molecule has 2 nitrogen and oxygen atoms in total. The molecule has 1 aromatic rings. The average molecular weight is 253 g/mol.